The lowest BCUT2D eigenvalue weighted by molar-refractivity contribution is 0.283. The number of fused-ring (bicyclic) bond motifs is 1. The molecule has 2 aromatic rings. The second kappa shape index (κ2) is 5.97. The van der Waals surface area contributed by atoms with E-state index in [9.17, 15) is 0 Å². The number of likely N-dealkylation sites (N-methyl/N-ethyl adjacent to an activating group) is 1. The lowest BCUT2D eigenvalue weighted by atomic mass is 10.3. The maximum Gasteiger partial charge on any atom is 0.215 e. The van der Waals surface area contributed by atoms with Crippen molar-refractivity contribution >= 4 is 22.8 Å². The van der Waals surface area contributed by atoms with E-state index in [4.69, 9.17) is 16.3 Å². The summed E-state index contributed by atoms with van der Waals surface area (Å²) in [6.45, 7) is 4.88. The number of aromatic nitrogens is 3. The number of rotatable bonds is 5. The molecule has 0 N–H and O–H groups in total. The molecule has 0 saturated carbocycles. The molecule has 0 aliphatic carbocycles. The van der Waals surface area contributed by atoms with Gasteiger partial charge in [0.1, 0.15) is 11.3 Å². The molecular weight excluding hydrogens is 276 g/mol. The highest BCUT2D eigenvalue weighted by molar-refractivity contribution is 6.20. The van der Waals surface area contributed by atoms with Gasteiger partial charge in [0.2, 0.25) is 5.88 Å². The lowest BCUT2D eigenvalue weighted by Crippen LogP contribution is -2.30. The average Bonchev–Trinajstić information content (AvgIpc) is 2.76. The Labute approximate surface area is 124 Å². The van der Waals surface area contributed by atoms with Crippen LogP contribution in [0, 0.1) is 0 Å². The van der Waals surface area contributed by atoms with Crippen LogP contribution in [-0.2, 0) is 6.54 Å². The number of pyridine rings is 1. The van der Waals surface area contributed by atoms with Gasteiger partial charge in [-0.05, 0) is 34.0 Å². The molecule has 0 amide bonds. The molecule has 2 heterocycles. The van der Waals surface area contributed by atoms with Crippen molar-refractivity contribution in [2.45, 2.75) is 31.8 Å². The summed E-state index contributed by atoms with van der Waals surface area (Å²) < 4.78 is 7.29. The van der Waals surface area contributed by atoms with Crippen molar-refractivity contribution in [2.75, 3.05) is 21.2 Å². The third kappa shape index (κ3) is 2.88. The van der Waals surface area contributed by atoms with Crippen LogP contribution in [0.5, 0.6) is 5.88 Å². The smallest absolute Gasteiger partial charge is 0.215 e. The molecule has 110 valence electrons. The number of methoxy groups -OCH3 is 1. The standard InChI is InChI=1S/C14H21ClN4O/c1-9(18(3)4)8-19-13(10(2)15)16-11-6-7-12(20-5)17-14(11)19/h6-7,9-10H,8H2,1-5H3. The van der Waals surface area contributed by atoms with E-state index in [-0.39, 0.29) is 5.38 Å². The molecule has 6 heteroatoms. The van der Waals surface area contributed by atoms with Crippen LogP contribution >= 0.6 is 11.6 Å². The predicted octanol–water partition coefficient (Wildman–Crippen LogP) is 2.69. The monoisotopic (exact) mass is 296 g/mol. The van der Waals surface area contributed by atoms with Crippen LogP contribution in [0.2, 0.25) is 0 Å². The van der Waals surface area contributed by atoms with Crippen molar-refractivity contribution in [3.63, 3.8) is 0 Å². The van der Waals surface area contributed by atoms with Crippen molar-refractivity contribution in [1.82, 2.24) is 19.4 Å². The second-order valence-corrected chi connectivity index (χ2v) is 5.86. The van der Waals surface area contributed by atoms with Crippen molar-refractivity contribution in [2.24, 2.45) is 0 Å². The number of halogens is 1. The van der Waals surface area contributed by atoms with E-state index in [1.807, 2.05) is 19.1 Å². The van der Waals surface area contributed by atoms with Crippen LogP contribution in [0.4, 0.5) is 0 Å². The summed E-state index contributed by atoms with van der Waals surface area (Å²) in [6.07, 6.45) is 0. The molecular formula is C14H21ClN4O. The highest BCUT2D eigenvalue weighted by Gasteiger charge is 2.18. The maximum absolute atomic E-state index is 6.26. The molecule has 0 radical (unpaired) electrons. The molecule has 2 atom stereocenters. The Kier molecular flexibility index (Phi) is 4.50. The van der Waals surface area contributed by atoms with Gasteiger partial charge in [0, 0.05) is 18.7 Å². The summed E-state index contributed by atoms with van der Waals surface area (Å²) in [6, 6.07) is 4.09. The summed E-state index contributed by atoms with van der Waals surface area (Å²) in [7, 11) is 5.73. The SMILES string of the molecule is COc1ccc2nc(C(C)Cl)n(CC(C)N(C)C)c2n1. The molecule has 5 nitrogen and oxygen atoms in total. The van der Waals surface area contributed by atoms with Crippen LogP contribution in [0.25, 0.3) is 11.2 Å². The first kappa shape index (κ1) is 15.1. The summed E-state index contributed by atoms with van der Waals surface area (Å²) in [5.74, 6) is 1.43. The van der Waals surface area contributed by atoms with Crippen LogP contribution in [0.3, 0.4) is 0 Å². The molecule has 2 aromatic heterocycles. The molecule has 0 saturated heterocycles. The zero-order chi connectivity index (χ0) is 14.9. The fraction of sp³-hybridized carbons (Fsp3) is 0.571. The first-order valence-electron chi connectivity index (χ1n) is 6.65. The van der Waals surface area contributed by atoms with E-state index in [2.05, 4.69) is 40.5 Å². The largest absolute Gasteiger partial charge is 0.481 e. The molecule has 20 heavy (non-hydrogen) atoms. The fourth-order valence-electron chi connectivity index (χ4n) is 2.03. The Morgan fingerprint density at radius 3 is 2.55 bits per heavy atom. The van der Waals surface area contributed by atoms with Gasteiger partial charge in [-0.25, -0.2) is 4.98 Å². The first-order valence-corrected chi connectivity index (χ1v) is 7.09. The van der Waals surface area contributed by atoms with Gasteiger partial charge in [0.25, 0.3) is 0 Å². The second-order valence-electron chi connectivity index (χ2n) is 5.21. The lowest BCUT2D eigenvalue weighted by Gasteiger charge is -2.21. The van der Waals surface area contributed by atoms with E-state index in [0.717, 1.165) is 23.5 Å². The van der Waals surface area contributed by atoms with Gasteiger partial charge in [-0.1, -0.05) is 0 Å². The number of hydrogen-bond donors (Lipinski definition) is 0. The topological polar surface area (TPSA) is 43.2 Å². The molecule has 0 aliphatic rings. The zero-order valence-electron chi connectivity index (χ0n) is 12.6. The van der Waals surface area contributed by atoms with Gasteiger partial charge in [-0.15, -0.1) is 11.6 Å². The Morgan fingerprint density at radius 1 is 1.30 bits per heavy atom. The number of imidazole rings is 1. The summed E-state index contributed by atoms with van der Waals surface area (Å²) >= 11 is 6.26. The van der Waals surface area contributed by atoms with E-state index in [1.54, 1.807) is 7.11 Å². The highest BCUT2D eigenvalue weighted by Crippen LogP contribution is 2.25. The molecule has 0 bridgehead atoms. The molecule has 0 spiro atoms. The predicted molar refractivity (Wildman–Crippen MR) is 81.5 cm³/mol. The molecule has 0 aromatic carbocycles. The van der Waals surface area contributed by atoms with Crippen molar-refractivity contribution in [3.8, 4) is 5.88 Å². The third-order valence-corrected chi connectivity index (χ3v) is 3.68. The van der Waals surface area contributed by atoms with Crippen LogP contribution in [0.15, 0.2) is 12.1 Å². The number of ether oxygens (including phenoxy) is 1. The van der Waals surface area contributed by atoms with Gasteiger partial charge < -0.3 is 14.2 Å². The Hall–Kier alpha value is -1.33. The number of alkyl halides is 1. The van der Waals surface area contributed by atoms with Gasteiger partial charge in [-0.2, -0.15) is 4.98 Å². The van der Waals surface area contributed by atoms with E-state index in [0.29, 0.717) is 11.9 Å². The minimum atomic E-state index is -0.162. The first-order chi connectivity index (χ1) is 9.43. The van der Waals surface area contributed by atoms with Crippen LogP contribution in [-0.4, -0.2) is 46.7 Å². The number of hydrogen-bond acceptors (Lipinski definition) is 4. The molecule has 0 fully saturated rings. The summed E-state index contributed by atoms with van der Waals surface area (Å²) in [5, 5.41) is -0.162. The minimum Gasteiger partial charge on any atom is -0.481 e. The summed E-state index contributed by atoms with van der Waals surface area (Å²) in [4.78, 5) is 11.3. The zero-order valence-corrected chi connectivity index (χ0v) is 13.3. The Balaban J connectivity index is 2.54. The molecule has 0 aliphatic heterocycles. The minimum absolute atomic E-state index is 0.162. The highest BCUT2D eigenvalue weighted by atomic mass is 35.5. The Morgan fingerprint density at radius 2 is 2.00 bits per heavy atom. The van der Waals surface area contributed by atoms with Crippen molar-refractivity contribution in [3.05, 3.63) is 18.0 Å². The van der Waals surface area contributed by atoms with E-state index < -0.39 is 0 Å². The quantitative estimate of drug-likeness (QED) is 0.796. The fourth-order valence-corrected chi connectivity index (χ4v) is 2.19. The van der Waals surface area contributed by atoms with Crippen molar-refractivity contribution < 1.29 is 4.74 Å². The molecule has 2 unspecified atom stereocenters. The van der Waals surface area contributed by atoms with Crippen LogP contribution in [0.1, 0.15) is 25.0 Å². The average molecular weight is 297 g/mol. The maximum atomic E-state index is 6.26. The van der Waals surface area contributed by atoms with Gasteiger partial charge in [0.15, 0.2) is 5.65 Å². The normalized spacial score (nSPS) is 14.8. The van der Waals surface area contributed by atoms with E-state index >= 15 is 0 Å². The third-order valence-electron chi connectivity index (χ3n) is 3.49. The van der Waals surface area contributed by atoms with Gasteiger partial charge in [-0.3, -0.25) is 0 Å². The van der Waals surface area contributed by atoms with Crippen molar-refractivity contribution in [1.29, 1.82) is 0 Å². The summed E-state index contributed by atoms with van der Waals surface area (Å²) in [5.41, 5.74) is 1.67. The Bertz CT molecular complexity index is 594. The molecule has 2 rings (SSSR count). The van der Waals surface area contributed by atoms with Gasteiger partial charge >= 0.3 is 0 Å². The number of nitrogens with zero attached hydrogens (tertiary/aromatic N) is 4. The van der Waals surface area contributed by atoms with Crippen LogP contribution < -0.4 is 4.74 Å². The van der Waals surface area contributed by atoms with Gasteiger partial charge in [0.05, 0.1) is 12.5 Å². The van der Waals surface area contributed by atoms with E-state index in [1.165, 1.54) is 0 Å².